The van der Waals surface area contributed by atoms with Crippen LogP contribution < -0.4 is 0 Å². The highest BCUT2D eigenvalue weighted by atomic mass is 79.9. The molecule has 0 N–H and O–H groups in total. The van der Waals surface area contributed by atoms with Crippen molar-refractivity contribution in [1.29, 1.82) is 0 Å². The van der Waals surface area contributed by atoms with Gasteiger partial charge < -0.3 is 0 Å². The number of carbonyl (C=O) groups excluding carboxylic acids is 1. The van der Waals surface area contributed by atoms with Gasteiger partial charge in [0.05, 0.1) is 11.4 Å². The fourth-order valence-electron chi connectivity index (χ4n) is 1.14. The highest BCUT2D eigenvalue weighted by molar-refractivity contribution is 9.10. The average molecular weight is 308 g/mol. The molecule has 0 bridgehead atoms. The summed E-state index contributed by atoms with van der Waals surface area (Å²) in [5.74, 6) is 1.26. The van der Waals surface area contributed by atoms with Crippen LogP contribution >= 0.6 is 39.0 Å². The monoisotopic (exact) mass is 307 g/mol. The van der Waals surface area contributed by atoms with Gasteiger partial charge in [-0.1, -0.05) is 0 Å². The second kappa shape index (κ2) is 6.68. The van der Waals surface area contributed by atoms with Gasteiger partial charge in [0.1, 0.15) is 0 Å². The van der Waals surface area contributed by atoms with Crippen LogP contribution in [0.4, 0.5) is 0 Å². The standard InChI is InChI=1S/C10H14BrNOS2/c1-12(4-6-14-2)7-9(13)10-8(11)3-5-15-10/h3,5H,4,6-7H2,1-2H3. The summed E-state index contributed by atoms with van der Waals surface area (Å²) in [5.41, 5.74) is 0. The third-order valence-corrected chi connectivity index (χ3v) is 4.43. The number of thioether (sulfide) groups is 1. The molecule has 0 aliphatic rings. The number of rotatable bonds is 6. The Kier molecular flexibility index (Phi) is 5.89. The number of hydrogen-bond acceptors (Lipinski definition) is 4. The third kappa shape index (κ3) is 4.26. The Balaban J connectivity index is 2.46. The number of Topliss-reactive ketones (excluding diaryl/α,β-unsaturated/α-hetero) is 1. The fourth-order valence-corrected chi connectivity index (χ4v) is 3.16. The second-order valence-electron chi connectivity index (χ2n) is 3.25. The Bertz CT molecular complexity index is 327. The van der Waals surface area contributed by atoms with Crippen LogP contribution in [0.15, 0.2) is 15.9 Å². The van der Waals surface area contributed by atoms with Crippen LogP contribution in [-0.2, 0) is 0 Å². The van der Waals surface area contributed by atoms with Gasteiger partial charge >= 0.3 is 0 Å². The maximum atomic E-state index is 11.8. The van der Waals surface area contributed by atoms with Crippen LogP contribution in [0.3, 0.4) is 0 Å². The van der Waals surface area contributed by atoms with Gasteiger partial charge in [0, 0.05) is 16.8 Å². The normalized spacial score (nSPS) is 10.9. The molecule has 1 heterocycles. The number of hydrogen-bond donors (Lipinski definition) is 0. The van der Waals surface area contributed by atoms with E-state index in [-0.39, 0.29) is 5.78 Å². The molecule has 0 aromatic carbocycles. The predicted molar refractivity (Wildman–Crippen MR) is 72.2 cm³/mol. The molecule has 0 saturated carbocycles. The first-order valence-electron chi connectivity index (χ1n) is 4.59. The van der Waals surface area contributed by atoms with Crippen molar-refractivity contribution in [2.75, 3.05) is 32.1 Å². The summed E-state index contributed by atoms with van der Waals surface area (Å²) in [5, 5.41) is 1.93. The topological polar surface area (TPSA) is 20.3 Å². The molecular weight excluding hydrogens is 294 g/mol. The van der Waals surface area contributed by atoms with Crippen LogP contribution in [0, 0.1) is 0 Å². The summed E-state index contributed by atoms with van der Waals surface area (Å²) in [6.07, 6.45) is 2.07. The quantitative estimate of drug-likeness (QED) is 0.754. The molecule has 1 rings (SSSR count). The molecule has 0 atom stereocenters. The Labute approximate surface area is 107 Å². The number of halogens is 1. The highest BCUT2D eigenvalue weighted by Crippen LogP contribution is 2.23. The van der Waals surface area contributed by atoms with Crippen molar-refractivity contribution in [1.82, 2.24) is 4.90 Å². The van der Waals surface area contributed by atoms with Gasteiger partial charge in [-0.3, -0.25) is 9.69 Å². The molecule has 0 amide bonds. The van der Waals surface area contributed by atoms with Crippen molar-refractivity contribution in [2.24, 2.45) is 0 Å². The zero-order valence-corrected chi connectivity index (χ0v) is 12.0. The Morgan fingerprint density at radius 2 is 2.40 bits per heavy atom. The number of nitrogens with zero attached hydrogens (tertiary/aromatic N) is 1. The summed E-state index contributed by atoms with van der Waals surface area (Å²) < 4.78 is 0.913. The van der Waals surface area contributed by atoms with Crippen molar-refractivity contribution in [3.8, 4) is 0 Å². The van der Waals surface area contributed by atoms with Crippen LogP contribution in [0.25, 0.3) is 0 Å². The SMILES string of the molecule is CSCCN(C)CC(=O)c1sccc1Br. The Morgan fingerprint density at radius 1 is 1.67 bits per heavy atom. The maximum Gasteiger partial charge on any atom is 0.187 e. The zero-order valence-electron chi connectivity index (χ0n) is 8.83. The molecule has 0 unspecified atom stereocenters. The molecule has 1 aromatic heterocycles. The van der Waals surface area contributed by atoms with E-state index in [4.69, 9.17) is 0 Å². The van der Waals surface area contributed by atoms with E-state index in [0.29, 0.717) is 6.54 Å². The number of likely N-dealkylation sites (N-methyl/N-ethyl adjacent to an activating group) is 1. The van der Waals surface area contributed by atoms with Crippen molar-refractivity contribution in [3.63, 3.8) is 0 Å². The van der Waals surface area contributed by atoms with Crippen LogP contribution in [0.2, 0.25) is 0 Å². The maximum absolute atomic E-state index is 11.8. The Hall–Kier alpha value is 0.160. The van der Waals surface area contributed by atoms with E-state index >= 15 is 0 Å². The first-order valence-corrected chi connectivity index (χ1v) is 7.65. The molecule has 5 heteroatoms. The molecule has 15 heavy (non-hydrogen) atoms. The fraction of sp³-hybridized carbons (Fsp3) is 0.500. The van der Waals surface area contributed by atoms with E-state index < -0.39 is 0 Å². The summed E-state index contributed by atoms with van der Waals surface area (Å²) >= 11 is 6.67. The van der Waals surface area contributed by atoms with Crippen molar-refractivity contribution in [2.45, 2.75) is 0 Å². The van der Waals surface area contributed by atoms with Gasteiger partial charge in [0.15, 0.2) is 5.78 Å². The lowest BCUT2D eigenvalue weighted by Gasteiger charge is -2.14. The van der Waals surface area contributed by atoms with E-state index in [1.54, 1.807) is 11.8 Å². The molecule has 0 radical (unpaired) electrons. The first kappa shape index (κ1) is 13.2. The minimum absolute atomic E-state index is 0.195. The lowest BCUT2D eigenvalue weighted by atomic mass is 10.3. The van der Waals surface area contributed by atoms with E-state index in [1.807, 2.05) is 18.5 Å². The van der Waals surface area contributed by atoms with E-state index in [1.165, 1.54) is 11.3 Å². The van der Waals surface area contributed by atoms with Crippen LogP contribution in [0.1, 0.15) is 9.67 Å². The van der Waals surface area contributed by atoms with Gasteiger partial charge in [0.25, 0.3) is 0 Å². The molecule has 84 valence electrons. The first-order chi connectivity index (χ1) is 7.15. The third-order valence-electron chi connectivity index (χ3n) is 1.96. The molecule has 0 aliphatic heterocycles. The summed E-state index contributed by atoms with van der Waals surface area (Å²) in [6, 6.07) is 1.92. The minimum Gasteiger partial charge on any atom is -0.298 e. The average Bonchev–Trinajstić information content (AvgIpc) is 2.61. The molecule has 0 aliphatic carbocycles. The van der Waals surface area contributed by atoms with Gasteiger partial charge in [-0.2, -0.15) is 11.8 Å². The van der Waals surface area contributed by atoms with Crippen molar-refractivity contribution >= 4 is 44.8 Å². The molecule has 0 fully saturated rings. The molecule has 1 aromatic rings. The highest BCUT2D eigenvalue weighted by Gasteiger charge is 2.13. The van der Waals surface area contributed by atoms with Crippen LogP contribution in [-0.4, -0.2) is 42.8 Å². The van der Waals surface area contributed by atoms with Gasteiger partial charge in [-0.25, -0.2) is 0 Å². The summed E-state index contributed by atoms with van der Waals surface area (Å²) in [7, 11) is 1.98. The second-order valence-corrected chi connectivity index (χ2v) is 6.01. The molecule has 0 saturated heterocycles. The number of carbonyl (C=O) groups is 1. The number of thiophene rings is 1. The molecule has 0 spiro atoms. The van der Waals surface area contributed by atoms with Crippen LogP contribution in [0.5, 0.6) is 0 Å². The summed E-state index contributed by atoms with van der Waals surface area (Å²) in [4.78, 5) is 14.7. The lowest BCUT2D eigenvalue weighted by molar-refractivity contribution is 0.0953. The van der Waals surface area contributed by atoms with Crippen molar-refractivity contribution in [3.05, 3.63) is 20.8 Å². The van der Waals surface area contributed by atoms with E-state index in [0.717, 1.165) is 21.6 Å². The predicted octanol–water partition coefficient (Wildman–Crippen LogP) is 2.99. The zero-order chi connectivity index (χ0) is 11.3. The lowest BCUT2D eigenvalue weighted by Crippen LogP contribution is -2.27. The van der Waals surface area contributed by atoms with Gasteiger partial charge in [-0.05, 0) is 40.7 Å². The minimum atomic E-state index is 0.195. The van der Waals surface area contributed by atoms with Gasteiger partial charge in [0.2, 0.25) is 0 Å². The molecular formula is C10H14BrNOS2. The van der Waals surface area contributed by atoms with E-state index in [9.17, 15) is 4.79 Å². The smallest absolute Gasteiger partial charge is 0.187 e. The van der Waals surface area contributed by atoms with E-state index in [2.05, 4.69) is 27.1 Å². The largest absolute Gasteiger partial charge is 0.298 e. The van der Waals surface area contributed by atoms with Gasteiger partial charge in [-0.15, -0.1) is 11.3 Å². The Morgan fingerprint density at radius 3 is 2.93 bits per heavy atom. The summed E-state index contributed by atoms with van der Waals surface area (Å²) in [6.45, 7) is 1.45. The molecule has 2 nitrogen and oxygen atoms in total. The van der Waals surface area contributed by atoms with Crippen molar-refractivity contribution < 1.29 is 4.79 Å². The number of ketones is 1.